The predicted octanol–water partition coefficient (Wildman–Crippen LogP) is 2.75. The Morgan fingerprint density at radius 2 is 1.71 bits per heavy atom. The molecule has 1 amide bonds. The summed E-state index contributed by atoms with van der Waals surface area (Å²) in [7, 11) is 5.04. The molecule has 0 aliphatic carbocycles. The summed E-state index contributed by atoms with van der Waals surface area (Å²) >= 11 is 0. The number of hydrogen-bond acceptors (Lipinski definition) is 6. The van der Waals surface area contributed by atoms with Gasteiger partial charge in [0, 0.05) is 25.2 Å². The third-order valence-corrected chi connectivity index (χ3v) is 4.53. The van der Waals surface area contributed by atoms with Gasteiger partial charge in [0.1, 0.15) is 0 Å². The number of nitro benzene ring substituents is 1. The van der Waals surface area contributed by atoms with Crippen molar-refractivity contribution >= 4 is 11.6 Å². The van der Waals surface area contributed by atoms with Crippen LogP contribution >= 0.6 is 0 Å². The standard InChI is InChI=1S/C20H25N3O5/c1-14(20(24)21-12-15-5-8-17(9-6-15)23(25)26)22(2)13-16-7-10-18(27-3)19(11-16)28-4/h5-11,14H,12-13H2,1-4H3,(H,21,24). The minimum absolute atomic E-state index is 0.0260. The highest BCUT2D eigenvalue weighted by Crippen LogP contribution is 2.28. The molecule has 0 aliphatic rings. The molecule has 1 N–H and O–H groups in total. The van der Waals surface area contributed by atoms with E-state index in [4.69, 9.17) is 9.47 Å². The molecular formula is C20H25N3O5. The number of ether oxygens (including phenoxy) is 2. The zero-order chi connectivity index (χ0) is 20.7. The highest BCUT2D eigenvalue weighted by Gasteiger charge is 2.18. The van der Waals surface area contributed by atoms with E-state index in [0.717, 1.165) is 11.1 Å². The first-order valence-corrected chi connectivity index (χ1v) is 8.78. The van der Waals surface area contributed by atoms with Gasteiger partial charge in [0.05, 0.1) is 25.2 Å². The molecule has 28 heavy (non-hydrogen) atoms. The van der Waals surface area contributed by atoms with Gasteiger partial charge in [-0.25, -0.2) is 0 Å². The summed E-state index contributed by atoms with van der Waals surface area (Å²) in [6, 6.07) is 11.4. The van der Waals surface area contributed by atoms with Crippen LogP contribution in [0.2, 0.25) is 0 Å². The molecule has 150 valence electrons. The van der Waals surface area contributed by atoms with E-state index in [1.54, 1.807) is 26.4 Å². The molecule has 0 aromatic heterocycles. The normalized spacial score (nSPS) is 11.8. The van der Waals surface area contributed by atoms with Gasteiger partial charge in [0.2, 0.25) is 5.91 Å². The first kappa shape index (κ1) is 21.2. The van der Waals surface area contributed by atoms with Gasteiger partial charge < -0.3 is 14.8 Å². The van der Waals surface area contributed by atoms with Crippen molar-refractivity contribution in [1.82, 2.24) is 10.2 Å². The topological polar surface area (TPSA) is 93.9 Å². The van der Waals surface area contributed by atoms with Crippen LogP contribution in [0.4, 0.5) is 5.69 Å². The predicted molar refractivity (Wildman–Crippen MR) is 105 cm³/mol. The maximum atomic E-state index is 12.4. The van der Waals surface area contributed by atoms with Crippen molar-refractivity contribution in [2.24, 2.45) is 0 Å². The lowest BCUT2D eigenvalue weighted by Crippen LogP contribution is -2.42. The number of hydrogen-bond donors (Lipinski definition) is 1. The molecule has 0 fully saturated rings. The number of nitrogens with one attached hydrogen (secondary N) is 1. The summed E-state index contributed by atoms with van der Waals surface area (Å²) in [5, 5.41) is 13.5. The lowest BCUT2D eigenvalue weighted by Gasteiger charge is -2.24. The molecule has 0 aliphatic heterocycles. The molecular weight excluding hydrogens is 362 g/mol. The second-order valence-corrected chi connectivity index (χ2v) is 6.42. The highest BCUT2D eigenvalue weighted by atomic mass is 16.6. The van der Waals surface area contributed by atoms with Gasteiger partial charge >= 0.3 is 0 Å². The Balaban J connectivity index is 1.92. The summed E-state index contributed by atoms with van der Waals surface area (Å²) in [6.45, 7) is 2.70. The van der Waals surface area contributed by atoms with E-state index in [9.17, 15) is 14.9 Å². The zero-order valence-corrected chi connectivity index (χ0v) is 16.5. The van der Waals surface area contributed by atoms with Crippen LogP contribution in [0.25, 0.3) is 0 Å². The van der Waals surface area contributed by atoms with Crippen molar-refractivity contribution in [3.8, 4) is 11.5 Å². The Labute approximate surface area is 164 Å². The summed E-state index contributed by atoms with van der Waals surface area (Å²) in [4.78, 5) is 24.6. The molecule has 1 unspecified atom stereocenters. The van der Waals surface area contributed by atoms with Gasteiger partial charge in [-0.05, 0) is 37.2 Å². The van der Waals surface area contributed by atoms with E-state index in [-0.39, 0.29) is 17.6 Å². The van der Waals surface area contributed by atoms with Crippen LogP contribution in [0.1, 0.15) is 18.1 Å². The minimum atomic E-state index is -0.451. The average molecular weight is 387 g/mol. The number of benzene rings is 2. The third-order valence-electron chi connectivity index (χ3n) is 4.53. The van der Waals surface area contributed by atoms with Crippen LogP contribution in [0, 0.1) is 10.1 Å². The average Bonchev–Trinajstić information content (AvgIpc) is 2.71. The number of amides is 1. The molecule has 8 nitrogen and oxygen atoms in total. The maximum absolute atomic E-state index is 12.4. The third kappa shape index (κ3) is 5.43. The van der Waals surface area contributed by atoms with Crippen LogP contribution in [0.15, 0.2) is 42.5 Å². The van der Waals surface area contributed by atoms with E-state index in [0.29, 0.717) is 24.6 Å². The van der Waals surface area contributed by atoms with E-state index in [1.165, 1.54) is 12.1 Å². The second kappa shape index (κ2) is 9.70. The number of nitro groups is 1. The molecule has 2 aromatic carbocycles. The Morgan fingerprint density at radius 1 is 1.11 bits per heavy atom. The van der Waals surface area contributed by atoms with Crippen LogP contribution in [-0.2, 0) is 17.9 Å². The lowest BCUT2D eigenvalue weighted by molar-refractivity contribution is -0.384. The number of carbonyl (C=O) groups is 1. The lowest BCUT2D eigenvalue weighted by atomic mass is 10.1. The molecule has 2 rings (SSSR count). The van der Waals surface area contributed by atoms with E-state index >= 15 is 0 Å². The van der Waals surface area contributed by atoms with Crippen molar-refractivity contribution in [3.63, 3.8) is 0 Å². The molecule has 0 saturated heterocycles. The summed E-state index contributed by atoms with van der Waals surface area (Å²) in [5.74, 6) is 1.17. The fourth-order valence-electron chi connectivity index (χ4n) is 2.68. The molecule has 2 aromatic rings. The second-order valence-electron chi connectivity index (χ2n) is 6.42. The van der Waals surface area contributed by atoms with Crippen LogP contribution in [0.5, 0.6) is 11.5 Å². The summed E-state index contributed by atoms with van der Waals surface area (Å²) < 4.78 is 10.5. The quantitative estimate of drug-likeness (QED) is 0.525. The van der Waals surface area contributed by atoms with Gasteiger partial charge in [0.15, 0.2) is 11.5 Å². The van der Waals surface area contributed by atoms with Crippen molar-refractivity contribution in [3.05, 3.63) is 63.7 Å². The monoisotopic (exact) mass is 387 g/mol. The first-order valence-electron chi connectivity index (χ1n) is 8.78. The highest BCUT2D eigenvalue weighted by molar-refractivity contribution is 5.81. The Bertz CT molecular complexity index is 823. The largest absolute Gasteiger partial charge is 0.493 e. The van der Waals surface area contributed by atoms with Crippen LogP contribution < -0.4 is 14.8 Å². The van der Waals surface area contributed by atoms with Crippen molar-refractivity contribution < 1.29 is 19.2 Å². The number of likely N-dealkylation sites (N-methyl/N-ethyl adjacent to an activating group) is 1. The van der Waals surface area contributed by atoms with Crippen LogP contribution in [0.3, 0.4) is 0 Å². The van der Waals surface area contributed by atoms with Crippen molar-refractivity contribution in [2.45, 2.75) is 26.1 Å². The van der Waals surface area contributed by atoms with Gasteiger partial charge in [-0.1, -0.05) is 18.2 Å². The SMILES string of the molecule is COc1ccc(CN(C)C(C)C(=O)NCc2ccc([N+](=O)[O-])cc2)cc1OC. The van der Waals surface area contributed by atoms with E-state index in [2.05, 4.69) is 5.32 Å². The molecule has 0 bridgehead atoms. The van der Waals surface area contributed by atoms with Crippen LogP contribution in [-0.4, -0.2) is 43.0 Å². The minimum Gasteiger partial charge on any atom is -0.493 e. The van der Waals surface area contributed by atoms with Gasteiger partial charge in [-0.3, -0.25) is 19.8 Å². The fraction of sp³-hybridized carbons (Fsp3) is 0.350. The first-order chi connectivity index (χ1) is 13.3. The molecule has 0 heterocycles. The molecule has 0 saturated carbocycles. The van der Waals surface area contributed by atoms with E-state index in [1.807, 2.05) is 37.1 Å². The maximum Gasteiger partial charge on any atom is 0.269 e. The van der Waals surface area contributed by atoms with Gasteiger partial charge in [0.25, 0.3) is 5.69 Å². The number of methoxy groups -OCH3 is 2. The number of rotatable bonds is 9. The van der Waals surface area contributed by atoms with Gasteiger partial charge in [-0.15, -0.1) is 0 Å². The van der Waals surface area contributed by atoms with E-state index < -0.39 is 4.92 Å². The molecule has 8 heteroatoms. The molecule has 0 spiro atoms. The Kier molecular flexibility index (Phi) is 7.34. The number of carbonyl (C=O) groups excluding carboxylic acids is 1. The van der Waals surface area contributed by atoms with Gasteiger partial charge in [-0.2, -0.15) is 0 Å². The zero-order valence-electron chi connectivity index (χ0n) is 16.5. The smallest absolute Gasteiger partial charge is 0.269 e. The van der Waals surface area contributed by atoms with Crippen molar-refractivity contribution in [2.75, 3.05) is 21.3 Å². The fourth-order valence-corrected chi connectivity index (χ4v) is 2.68. The summed E-state index contributed by atoms with van der Waals surface area (Å²) in [6.07, 6.45) is 0. The Morgan fingerprint density at radius 3 is 2.29 bits per heavy atom. The number of nitrogens with zero attached hydrogens (tertiary/aromatic N) is 2. The molecule has 0 radical (unpaired) electrons. The summed E-state index contributed by atoms with van der Waals surface area (Å²) in [5.41, 5.74) is 1.82. The van der Waals surface area contributed by atoms with Crippen molar-refractivity contribution in [1.29, 1.82) is 0 Å². The Hall–Kier alpha value is -3.13. The molecule has 1 atom stereocenters. The number of non-ortho nitro benzene ring substituents is 1.